The molecule has 2 aromatic carbocycles. The molecule has 2 heterocycles. The molecule has 0 spiro atoms. The highest BCUT2D eigenvalue weighted by atomic mass is 35.5. The number of esters is 1. The molecule has 1 N–H and O–H groups in total. The number of carbonyl (C=O) groups excluding carboxylic acids is 1. The van der Waals surface area contributed by atoms with Crippen LogP contribution in [-0.4, -0.2) is 18.1 Å². The lowest BCUT2D eigenvalue weighted by Crippen LogP contribution is -1.96. The Morgan fingerprint density at radius 1 is 1.04 bits per heavy atom. The summed E-state index contributed by atoms with van der Waals surface area (Å²) < 4.78 is 5.89. The Labute approximate surface area is 153 Å². The van der Waals surface area contributed by atoms with E-state index in [4.69, 9.17) is 16.3 Å². The fraction of sp³-hybridized carbons (Fsp3) is 0.0500. The first-order valence-electron chi connectivity index (χ1n) is 7.72. The number of benzene rings is 2. The summed E-state index contributed by atoms with van der Waals surface area (Å²) in [6.07, 6.45) is 0. The molecule has 0 aliphatic heterocycles. The Morgan fingerprint density at radius 3 is 2.44 bits per heavy atom. The second kappa shape index (κ2) is 6.39. The summed E-state index contributed by atoms with van der Waals surface area (Å²) in [6.45, 7) is 0. The molecule has 4 rings (SSSR count). The number of fused-ring (bicyclic) bond motifs is 1. The first-order chi connectivity index (χ1) is 12.2. The summed E-state index contributed by atoms with van der Waals surface area (Å²) in [4.78, 5) is 15.9. The van der Waals surface area contributed by atoms with Crippen molar-refractivity contribution >= 4 is 39.1 Å². The third kappa shape index (κ3) is 2.84. The number of thiophene rings is 1. The van der Waals surface area contributed by atoms with Crippen LogP contribution in [-0.2, 0) is 4.74 Å². The van der Waals surface area contributed by atoms with Crippen LogP contribution in [0.25, 0.3) is 32.6 Å². The van der Waals surface area contributed by atoms with Crippen LogP contribution in [0.3, 0.4) is 0 Å². The maximum absolute atomic E-state index is 11.9. The molecule has 0 aliphatic carbocycles. The van der Waals surface area contributed by atoms with E-state index in [-0.39, 0.29) is 5.97 Å². The summed E-state index contributed by atoms with van der Waals surface area (Å²) in [5.74, 6) is -0.318. The summed E-state index contributed by atoms with van der Waals surface area (Å²) >= 11 is 7.46. The van der Waals surface area contributed by atoms with Crippen LogP contribution in [0.1, 0.15) is 9.67 Å². The highest BCUT2D eigenvalue weighted by Crippen LogP contribution is 2.42. The predicted molar refractivity (Wildman–Crippen MR) is 103 cm³/mol. The van der Waals surface area contributed by atoms with Gasteiger partial charge in [0, 0.05) is 10.6 Å². The molecule has 0 bridgehead atoms. The average Bonchev–Trinajstić information content (AvgIpc) is 3.20. The SMILES string of the molecule is COC(=O)c1cc2[nH]c(-c3ccc(Cl)cc3)c(-c3ccccc3)c2s1. The van der Waals surface area contributed by atoms with E-state index in [1.165, 1.54) is 18.4 Å². The average molecular weight is 368 g/mol. The van der Waals surface area contributed by atoms with Crippen molar-refractivity contribution in [2.45, 2.75) is 0 Å². The summed E-state index contributed by atoms with van der Waals surface area (Å²) in [5.41, 5.74) is 5.16. The van der Waals surface area contributed by atoms with Gasteiger partial charge >= 0.3 is 5.97 Å². The smallest absolute Gasteiger partial charge is 0.348 e. The van der Waals surface area contributed by atoms with E-state index in [1.54, 1.807) is 0 Å². The van der Waals surface area contributed by atoms with Gasteiger partial charge in [0.2, 0.25) is 0 Å². The van der Waals surface area contributed by atoms with Crippen molar-refractivity contribution in [2.24, 2.45) is 0 Å². The number of rotatable bonds is 3. The lowest BCUT2D eigenvalue weighted by atomic mass is 10.0. The lowest BCUT2D eigenvalue weighted by Gasteiger charge is -2.06. The molecule has 0 atom stereocenters. The Kier molecular flexibility index (Phi) is 4.07. The van der Waals surface area contributed by atoms with Gasteiger partial charge in [-0.25, -0.2) is 4.79 Å². The molecule has 0 saturated carbocycles. The fourth-order valence-corrected chi connectivity index (χ4v) is 4.13. The van der Waals surface area contributed by atoms with Gasteiger partial charge in [-0.05, 0) is 29.3 Å². The molecule has 25 heavy (non-hydrogen) atoms. The molecule has 124 valence electrons. The predicted octanol–water partition coefficient (Wildman–Crippen LogP) is 6.00. The number of hydrogen-bond acceptors (Lipinski definition) is 3. The van der Waals surface area contributed by atoms with Gasteiger partial charge in [-0.15, -0.1) is 11.3 Å². The molecular formula is C20H14ClNO2S. The first-order valence-corrected chi connectivity index (χ1v) is 8.92. The van der Waals surface area contributed by atoms with Gasteiger partial charge in [-0.2, -0.15) is 0 Å². The van der Waals surface area contributed by atoms with Crippen molar-refractivity contribution in [1.82, 2.24) is 4.98 Å². The maximum atomic E-state index is 11.9. The lowest BCUT2D eigenvalue weighted by molar-refractivity contribution is 0.0606. The van der Waals surface area contributed by atoms with Crippen LogP contribution in [0, 0.1) is 0 Å². The molecule has 0 unspecified atom stereocenters. The van der Waals surface area contributed by atoms with Crippen molar-refractivity contribution in [3.8, 4) is 22.4 Å². The van der Waals surface area contributed by atoms with Crippen LogP contribution in [0.4, 0.5) is 0 Å². The highest BCUT2D eigenvalue weighted by Gasteiger charge is 2.20. The second-order valence-corrected chi connectivity index (χ2v) is 7.08. The van der Waals surface area contributed by atoms with Gasteiger partial charge in [0.05, 0.1) is 23.0 Å². The fourth-order valence-electron chi connectivity index (χ4n) is 2.89. The van der Waals surface area contributed by atoms with Crippen LogP contribution < -0.4 is 0 Å². The zero-order valence-electron chi connectivity index (χ0n) is 13.4. The number of hydrogen-bond donors (Lipinski definition) is 1. The Bertz CT molecular complexity index is 1050. The summed E-state index contributed by atoms with van der Waals surface area (Å²) in [6, 6.07) is 19.7. The Morgan fingerprint density at radius 2 is 1.76 bits per heavy atom. The zero-order chi connectivity index (χ0) is 17.4. The number of ether oxygens (including phenoxy) is 1. The molecule has 4 aromatic rings. The van der Waals surface area contributed by atoms with Gasteiger partial charge in [0.15, 0.2) is 0 Å². The number of carbonyl (C=O) groups is 1. The van der Waals surface area contributed by atoms with Gasteiger partial charge < -0.3 is 9.72 Å². The number of aromatic nitrogens is 1. The number of nitrogens with one attached hydrogen (secondary N) is 1. The highest BCUT2D eigenvalue weighted by molar-refractivity contribution is 7.21. The molecular weight excluding hydrogens is 354 g/mol. The maximum Gasteiger partial charge on any atom is 0.348 e. The number of H-pyrrole nitrogens is 1. The van der Waals surface area contributed by atoms with Gasteiger partial charge in [0.1, 0.15) is 4.88 Å². The molecule has 0 aliphatic rings. The van der Waals surface area contributed by atoms with Crippen LogP contribution in [0.15, 0.2) is 60.7 Å². The second-order valence-electron chi connectivity index (χ2n) is 5.59. The van der Waals surface area contributed by atoms with E-state index < -0.39 is 0 Å². The van der Waals surface area contributed by atoms with Gasteiger partial charge in [0.25, 0.3) is 0 Å². The van der Waals surface area contributed by atoms with Crippen LogP contribution in [0.2, 0.25) is 5.02 Å². The standard InChI is InChI=1S/C20H14ClNO2S/c1-24-20(23)16-11-15-19(25-16)17(12-5-3-2-4-6-12)18(22-15)13-7-9-14(21)10-8-13/h2-11,22H,1H3. The van der Waals surface area contributed by atoms with Crippen molar-refractivity contribution in [2.75, 3.05) is 7.11 Å². The Hall–Kier alpha value is -2.56. The topological polar surface area (TPSA) is 42.1 Å². The van der Waals surface area contributed by atoms with E-state index in [0.29, 0.717) is 9.90 Å². The van der Waals surface area contributed by atoms with Gasteiger partial charge in [-0.3, -0.25) is 0 Å². The molecule has 0 fully saturated rings. The number of halogens is 1. The van der Waals surface area contributed by atoms with Crippen molar-refractivity contribution in [3.05, 3.63) is 70.6 Å². The minimum Gasteiger partial charge on any atom is -0.465 e. The summed E-state index contributed by atoms with van der Waals surface area (Å²) in [5, 5.41) is 0.700. The number of aromatic amines is 1. The molecule has 0 amide bonds. The molecule has 5 heteroatoms. The summed E-state index contributed by atoms with van der Waals surface area (Å²) in [7, 11) is 1.40. The molecule has 3 nitrogen and oxygen atoms in total. The van der Waals surface area contributed by atoms with E-state index in [9.17, 15) is 4.79 Å². The van der Waals surface area contributed by atoms with Crippen molar-refractivity contribution in [1.29, 1.82) is 0 Å². The van der Waals surface area contributed by atoms with E-state index in [1.807, 2.05) is 48.5 Å². The van der Waals surface area contributed by atoms with Gasteiger partial charge in [-0.1, -0.05) is 54.1 Å². The largest absolute Gasteiger partial charge is 0.465 e. The van der Waals surface area contributed by atoms with E-state index in [2.05, 4.69) is 17.1 Å². The first kappa shape index (κ1) is 15.9. The third-order valence-corrected chi connectivity index (χ3v) is 5.44. The monoisotopic (exact) mass is 367 g/mol. The number of methoxy groups -OCH3 is 1. The zero-order valence-corrected chi connectivity index (χ0v) is 14.9. The van der Waals surface area contributed by atoms with E-state index in [0.717, 1.165) is 32.6 Å². The quantitative estimate of drug-likeness (QED) is 0.451. The Balaban J connectivity index is 1.97. The van der Waals surface area contributed by atoms with Crippen molar-refractivity contribution in [3.63, 3.8) is 0 Å². The van der Waals surface area contributed by atoms with Crippen molar-refractivity contribution < 1.29 is 9.53 Å². The molecule has 0 saturated heterocycles. The molecule has 2 aromatic heterocycles. The van der Waals surface area contributed by atoms with Crippen LogP contribution >= 0.6 is 22.9 Å². The minimum absolute atomic E-state index is 0.318. The van der Waals surface area contributed by atoms with E-state index >= 15 is 0 Å². The van der Waals surface area contributed by atoms with Crippen LogP contribution in [0.5, 0.6) is 0 Å². The third-order valence-electron chi connectivity index (χ3n) is 4.05. The minimum atomic E-state index is -0.318. The normalized spacial score (nSPS) is 11.0. The molecule has 0 radical (unpaired) electrons.